The fraction of sp³-hybridized carbons (Fsp3) is 0.478. The number of carbonyl (C=O) groups is 2. The average molecular weight is 396 g/mol. The number of benzene rings is 2. The Morgan fingerprint density at radius 3 is 2.69 bits per heavy atom. The summed E-state index contributed by atoms with van der Waals surface area (Å²) in [4.78, 5) is 27.9. The van der Waals surface area contributed by atoms with E-state index in [-0.39, 0.29) is 30.7 Å². The smallest absolute Gasteiger partial charge is 0.318 e. The molecule has 0 spiro atoms. The zero-order valence-corrected chi connectivity index (χ0v) is 16.9. The van der Waals surface area contributed by atoms with Crippen molar-refractivity contribution in [3.63, 3.8) is 0 Å². The predicted octanol–water partition coefficient (Wildman–Crippen LogP) is 3.62. The monoisotopic (exact) mass is 395 g/mol. The molecule has 6 nitrogen and oxygen atoms in total. The first-order valence-electron chi connectivity index (χ1n) is 10.6. The van der Waals surface area contributed by atoms with Gasteiger partial charge in [-0.25, -0.2) is 4.79 Å². The van der Waals surface area contributed by atoms with Crippen LogP contribution in [0.3, 0.4) is 0 Å². The van der Waals surface area contributed by atoms with E-state index in [2.05, 4.69) is 41.7 Å². The van der Waals surface area contributed by atoms with E-state index in [4.69, 9.17) is 5.11 Å². The van der Waals surface area contributed by atoms with Crippen LogP contribution in [0.1, 0.15) is 44.2 Å². The molecule has 1 heterocycles. The van der Waals surface area contributed by atoms with Crippen molar-refractivity contribution in [3.8, 4) is 0 Å². The summed E-state index contributed by atoms with van der Waals surface area (Å²) >= 11 is 0. The van der Waals surface area contributed by atoms with Crippen LogP contribution in [0.5, 0.6) is 0 Å². The highest BCUT2D eigenvalue weighted by Crippen LogP contribution is 2.36. The summed E-state index contributed by atoms with van der Waals surface area (Å²) < 4.78 is 0. The molecule has 1 aliphatic heterocycles. The largest absolute Gasteiger partial charge is 0.480 e. The first-order chi connectivity index (χ1) is 14.1. The van der Waals surface area contributed by atoms with Gasteiger partial charge < -0.3 is 15.3 Å². The second-order valence-electron chi connectivity index (χ2n) is 8.15. The average Bonchev–Trinajstić information content (AvgIpc) is 3.18. The molecule has 1 unspecified atom stereocenters. The molecular formula is C23H29N3O3. The molecule has 1 aliphatic carbocycles. The summed E-state index contributed by atoms with van der Waals surface area (Å²) in [5, 5.41) is 14.6. The Bertz CT molecular complexity index is 889. The number of hydrogen-bond donors (Lipinski definition) is 2. The lowest BCUT2D eigenvalue weighted by Gasteiger charge is -2.43. The number of rotatable bonds is 6. The van der Waals surface area contributed by atoms with Crippen molar-refractivity contribution < 1.29 is 14.7 Å². The van der Waals surface area contributed by atoms with Crippen LogP contribution in [-0.2, 0) is 4.79 Å². The number of amides is 2. The van der Waals surface area contributed by atoms with Gasteiger partial charge in [0.05, 0.1) is 12.6 Å². The van der Waals surface area contributed by atoms with E-state index in [1.54, 1.807) is 0 Å². The first-order valence-corrected chi connectivity index (χ1v) is 10.6. The lowest BCUT2D eigenvalue weighted by Crippen LogP contribution is -2.56. The first kappa shape index (κ1) is 19.7. The van der Waals surface area contributed by atoms with Crippen molar-refractivity contribution >= 4 is 22.8 Å². The molecule has 2 aliphatic rings. The summed E-state index contributed by atoms with van der Waals surface area (Å²) in [6.45, 7) is 3.54. The standard InChI is InChI=1S/C23H29N3O3/c1-2-25(15-22(27)28)18-13-17(14-18)24-23(29)26-12-6-11-21(26)20-10-5-8-16-7-3-4-9-19(16)20/h3-5,7-10,17-18,21H,2,6,11-15H2,1H3,(H,24,29)(H,27,28). The number of carbonyl (C=O) groups excluding carboxylic acids is 1. The molecule has 6 heteroatoms. The van der Waals surface area contributed by atoms with E-state index >= 15 is 0 Å². The Balaban J connectivity index is 1.40. The molecule has 0 bridgehead atoms. The summed E-state index contributed by atoms with van der Waals surface area (Å²) in [5.41, 5.74) is 1.22. The molecule has 2 N–H and O–H groups in total. The van der Waals surface area contributed by atoms with Crippen molar-refractivity contribution in [3.05, 3.63) is 48.0 Å². The minimum absolute atomic E-state index is 0.00478. The molecule has 1 atom stereocenters. The second-order valence-corrected chi connectivity index (χ2v) is 8.15. The maximum absolute atomic E-state index is 13.0. The molecule has 4 rings (SSSR count). The second kappa shape index (κ2) is 8.41. The number of nitrogens with zero attached hydrogens (tertiary/aromatic N) is 2. The van der Waals surface area contributed by atoms with Crippen LogP contribution in [0.4, 0.5) is 4.79 Å². The summed E-state index contributed by atoms with van der Waals surface area (Å²) in [7, 11) is 0. The third-order valence-corrected chi connectivity index (χ3v) is 6.40. The number of likely N-dealkylation sites (tertiary alicyclic amines) is 1. The van der Waals surface area contributed by atoms with Gasteiger partial charge in [0, 0.05) is 18.6 Å². The van der Waals surface area contributed by atoms with E-state index in [1.165, 1.54) is 16.3 Å². The van der Waals surface area contributed by atoms with Crippen molar-refractivity contribution in [1.29, 1.82) is 0 Å². The number of carboxylic acids is 1. The van der Waals surface area contributed by atoms with E-state index in [9.17, 15) is 9.59 Å². The van der Waals surface area contributed by atoms with E-state index in [0.717, 1.165) is 32.2 Å². The van der Waals surface area contributed by atoms with Gasteiger partial charge in [-0.3, -0.25) is 9.69 Å². The maximum Gasteiger partial charge on any atom is 0.318 e. The number of fused-ring (bicyclic) bond motifs is 1. The minimum atomic E-state index is -0.797. The fourth-order valence-corrected chi connectivity index (χ4v) is 4.81. The summed E-state index contributed by atoms with van der Waals surface area (Å²) in [6.07, 6.45) is 3.63. The Labute approximate surface area is 171 Å². The Morgan fingerprint density at radius 2 is 1.93 bits per heavy atom. The third-order valence-electron chi connectivity index (χ3n) is 6.40. The number of urea groups is 1. The number of nitrogens with one attached hydrogen (secondary N) is 1. The van der Waals surface area contributed by atoms with Crippen LogP contribution in [0.2, 0.25) is 0 Å². The molecular weight excluding hydrogens is 366 g/mol. The molecule has 0 radical (unpaired) electrons. The summed E-state index contributed by atoms with van der Waals surface area (Å²) in [5.74, 6) is -0.797. The van der Waals surface area contributed by atoms with Gasteiger partial charge in [0.1, 0.15) is 0 Å². The Kier molecular flexibility index (Phi) is 5.72. The molecule has 2 aromatic rings. The quantitative estimate of drug-likeness (QED) is 0.784. The minimum Gasteiger partial charge on any atom is -0.480 e. The fourth-order valence-electron chi connectivity index (χ4n) is 4.81. The Hall–Kier alpha value is -2.60. The number of hydrogen-bond acceptors (Lipinski definition) is 3. The van der Waals surface area contributed by atoms with E-state index in [1.807, 2.05) is 22.8 Å². The van der Waals surface area contributed by atoms with E-state index in [0.29, 0.717) is 6.54 Å². The molecule has 1 saturated heterocycles. The highest BCUT2D eigenvalue weighted by atomic mass is 16.4. The number of likely N-dealkylation sites (N-methyl/N-ethyl adjacent to an activating group) is 1. The number of carboxylic acid groups (broad SMARTS) is 1. The topological polar surface area (TPSA) is 72.9 Å². The van der Waals surface area contributed by atoms with Crippen molar-refractivity contribution in [2.75, 3.05) is 19.6 Å². The van der Waals surface area contributed by atoms with E-state index < -0.39 is 5.97 Å². The third kappa shape index (κ3) is 4.08. The zero-order valence-electron chi connectivity index (χ0n) is 16.9. The summed E-state index contributed by atoms with van der Waals surface area (Å²) in [6, 6.07) is 15.2. The molecule has 2 amide bonds. The maximum atomic E-state index is 13.0. The number of aliphatic carboxylic acids is 1. The lowest BCUT2D eigenvalue weighted by molar-refractivity contribution is -0.139. The van der Waals surface area contributed by atoms with Gasteiger partial charge in [0.15, 0.2) is 0 Å². The van der Waals surface area contributed by atoms with Gasteiger partial charge in [-0.1, -0.05) is 49.4 Å². The highest BCUT2D eigenvalue weighted by Gasteiger charge is 2.37. The van der Waals surface area contributed by atoms with Gasteiger partial charge in [-0.15, -0.1) is 0 Å². The van der Waals surface area contributed by atoms with Gasteiger partial charge in [0.2, 0.25) is 0 Å². The molecule has 0 aromatic heterocycles. The van der Waals surface area contributed by atoms with Gasteiger partial charge >= 0.3 is 12.0 Å². The zero-order chi connectivity index (χ0) is 20.4. The van der Waals surface area contributed by atoms with Crippen LogP contribution in [-0.4, -0.2) is 58.6 Å². The molecule has 29 heavy (non-hydrogen) atoms. The molecule has 2 fully saturated rings. The molecule has 2 aromatic carbocycles. The van der Waals surface area contributed by atoms with Crippen molar-refractivity contribution in [1.82, 2.24) is 15.1 Å². The Morgan fingerprint density at radius 1 is 1.17 bits per heavy atom. The predicted molar refractivity (Wildman–Crippen MR) is 113 cm³/mol. The molecule has 1 saturated carbocycles. The van der Waals surface area contributed by atoms with Gasteiger partial charge in [-0.2, -0.15) is 0 Å². The van der Waals surface area contributed by atoms with Crippen LogP contribution in [0, 0.1) is 0 Å². The van der Waals surface area contributed by atoms with Gasteiger partial charge in [0.25, 0.3) is 0 Å². The molecule has 154 valence electrons. The van der Waals surface area contributed by atoms with Crippen molar-refractivity contribution in [2.45, 2.75) is 50.7 Å². The highest BCUT2D eigenvalue weighted by molar-refractivity contribution is 5.87. The van der Waals surface area contributed by atoms with Crippen molar-refractivity contribution in [2.24, 2.45) is 0 Å². The SMILES string of the molecule is CCN(CC(=O)O)C1CC(NC(=O)N2CCCC2c2cccc3ccccc23)C1. The normalized spacial score (nSPS) is 23.9. The van der Waals surface area contributed by atoms with Crippen LogP contribution >= 0.6 is 0 Å². The van der Waals surface area contributed by atoms with Crippen LogP contribution in [0.25, 0.3) is 10.8 Å². The van der Waals surface area contributed by atoms with Crippen LogP contribution < -0.4 is 5.32 Å². The lowest BCUT2D eigenvalue weighted by atomic mass is 9.85. The van der Waals surface area contributed by atoms with Gasteiger partial charge in [-0.05, 0) is 48.6 Å². The van der Waals surface area contributed by atoms with Crippen LogP contribution in [0.15, 0.2) is 42.5 Å².